The number of fused-ring (bicyclic) bond motifs is 2. The van der Waals surface area contributed by atoms with Gasteiger partial charge in [0.2, 0.25) is 0 Å². The summed E-state index contributed by atoms with van der Waals surface area (Å²) in [6.07, 6.45) is 8.61. The lowest BCUT2D eigenvalue weighted by Crippen LogP contribution is -2.07. The van der Waals surface area contributed by atoms with Crippen LogP contribution in [-0.4, -0.2) is 14.1 Å². The zero-order valence-corrected chi connectivity index (χ0v) is 15.8. The molecule has 0 heterocycles. The van der Waals surface area contributed by atoms with E-state index in [1.807, 2.05) is 0 Å². The molecule has 0 aliphatic carbocycles. The van der Waals surface area contributed by atoms with Crippen LogP contribution >= 0.6 is 0 Å². The number of rotatable bonds is 4. The van der Waals surface area contributed by atoms with E-state index in [1.165, 1.54) is 38.4 Å². The van der Waals surface area contributed by atoms with Gasteiger partial charge in [-0.2, -0.15) is 0 Å². The van der Waals surface area contributed by atoms with Gasteiger partial charge >= 0.3 is 0 Å². The maximum absolute atomic E-state index is 2.27. The molecule has 0 atom stereocenters. The monoisotopic (exact) mass is 349 g/mol. The zero-order chi connectivity index (χ0) is 18.6. The summed E-state index contributed by atoms with van der Waals surface area (Å²) in [5, 5.41) is 5.13. The molecule has 132 valence electrons. The van der Waals surface area contributed by atoms with Crippen molar-refractivity contribution in [1.29, 1.82) is 0 Å². The maximum atomic E-state index is 2.27. The van der Waals surface area contributed by atoms with Crippen molar-refractivity contribution in [1.82, 2.24) is 0 Å². The lowest BCUT2D eigenvalue weighted by molar-refractivity contribution is 1.13. The maximum Gasteiger partial charge on any atom is 0.0361 e. The molecular weight excluding hydrogens is 326 g/mol. The molecule has 0 aliphatic heterocycles. The molecule has 0 bridgehead atoms. The first-order valence-electron chi connectivity index (χ1n) is 9.25. The molecule has 0 fully saturated rings. The molecule has 27 heavy (non-hydrogen) atoms. The Labute approximate surface area is 160 Å². The van der Waals surface area contributed by atoms with Gasteiger partial charge in [0.1, 0.15) is 0 Å². The molecule has 0 saturated carbocycles. The van der Waals surface area contributed by atoms with Crippen LogP contribution < -0.4 is 4.90 Å². The molecule has 0 aromatic heterocycles. The minimum absolute atomic E-state index is 1.20. The molecule has 0 saturated heterocycles. The van der Waals surface area contributed by atoms with Gasteiger partial charge in [0.25, 0.3) is 0 Å². The molecule has 4 aromatic rings. The van der Waals surface area contributed by atoms with Gasteiger partial charge in [-0.05, 0) is 50.9 Å². The Morgan fingerprint density at radius 3 is 1.78 bits per heavy atom. The van der Waals surface area contributed by atoms with Crippen LogP contribution in [-0.2, 0) is 0 Å². The van der Waals surface area contributed by atoms with Crippen molar-refractivity contribution < 1.29 is 0 Å². The van der Waals surface area contributed by atoms with Crippen LogP contribution in [0.5, 0.6) is 0 Å². The summed E-state index contributed by atoms with van der Waals surface area (Å²) >= 11 is 0. The van der Waals surface area contributed by atoms with E-state index in [1.54, 1.807) is 0 Å². The second kappa shape index (κ2) is 7.51. The van der Waals surface area contributed by atoms with Gasteiger partial charge in [-0.1, -0.05) is 85.0 Å². The highest BCUT2D eigenvalue weighted by Gasteiger charge is 2.04. The summed E-state index contributed by atoms with van der Waals surface area (Å²) < 4.78 is 0. The number of anilines is 1. The molecule has 0 radical (unpaired) electrons. The predicted molar refractivity (Wildman–Crippen MR) is 120 cm³/mol. The van der Waals surface area contributed by atoms with Gasteiger partial charge in [0, 0.05) is 19.8 Å². The van der Waals surface area contributed by atoms with Crippen LogP contribution in [0.25, 0.3) is 33.7 Å². The number of hydrogen-bond donors (Lipinski definition) is 0. The normalized spacial score (nSPS) is 11.8. The van der Waals surface area contributed by atoms with Crippen molar-refractivity contribution in [3.8, 4) is 0 Å². The Hall–Kier alpha value is -3.32. The fourth-order valence-corrected chi connectivity index (χ4v) is 3.43. The first-order valence-corrected chi connectivity index (χ1v) is 9.25. The van der Waals surface area contributed by atoms with E-state index >= 15 is 0 Å². The third kappa shape index (κ3) is 3.63. The van der Waals surface area contributed by atoms with E-state index in [9.17, 15) is 0 Å². The van der Waals surface area contributed by atoms with Crippen LogP contribution in [0, 0.1) is 0 Å². The van der Waals surface area contributed by atoms with Crippen molar-refractivity contribution in [2.75, 3.05) is 19.0 Å². The second-order valence-electron chi connectivity index (χ2n) is 6.94. The molecule has 1 heteroatoms. The minimum Gasteiger partial charge on any atom is -0.378 e. The van der Waals surface area contributed by atoms with Gasteiger partial charge in [-0.25, -0.2) is 0 Å². The lowest BCUT2D eigenvalue weighted by atomic mass is 9.96. The Balaban J connectivity index is 1.67. The van der Waals surface area contributed by atoms with Crippen molar-refractivity contribution in [2.45, 2.75) is 0 Å². The first-order chi connectivity index (χ1) is 13.2. The van der Waals surface area contributed by atoms with Gasteiger partial charge in [0.15, 0.2) is 0 Å². The van der Waals surface area contributed by atoms with Crippen LogP contribution in [0.2, 0.25) is 0 Å². The van der Waals surface area contributed by atoms with Gasteiger partial charge in [0.05, 0.1) is 0 Å². The molecular formula is C26H23N. The fourth-order valence-electron chi connectivity index (χ4n) is 3.43. The zero-order valence-electron chi connectivity index (χ0n) is 15.8. The van der Waals surface area contributed by atoms with E-state index < -0.39 is 0 Å². The topological polar surface area (TPSA) is 3.24 Å². The van der Waals surface area contributed by atoms with Crippen LogP contribution in [0.15, 0.2) is 91.0 Å². The summed E-state index contributed by atoms with van der Waals surface area (Å²) in [7, 11) is 4.12. The third-order valence-corrected chi connectivity index (χ3v) is 4.89. The van der Waals surface area contributed by atoms with Gasteiger partial charge < -0.3 is 4.90 Å². The molecule has 1 nitrogen and oxygen atoms in total. The van der Waals surface area contributed by atoms with Crippen molar-refractivity contribution in [3.63, 3.8) is 0 Å². The highest BCUT2D eigenvalue weighted by Crippen LogP contribution is 2.29. The Morgan fingerprint density at radius 2 is 1.19 bits per heavy atom. The summed E-state index contributed by atoms with van der Waals surface area (Å²) in [5.74, 6) is 0. The molecule has 4 rings (SSSR count). The quantitative estimate of drug-likeness (QED) is 0.290. The summed E-state index contributed by atoms with van der Waals surface area (Å²) in [5.41, 5.74) is 3.69. The Morgan fingerprint density at radius 1 is 0.630 bits per heavy atom. The van der Waals surface area contributed by atoms with Crippen LogP contribution in [0.3, 0.4) is 0 Å². The van der Waals surface area contributed by atoms with Crippen molar-refractivity contribution in [3.05, 3.63) is 102 Å². The fraction of sp³-hybridized carbons (Fsp3) is 0.0769. The lowest BCUT2D eigenvalue weighted by Gasteiger charge is -2.11. The predicted octanol–water partition coefficient (Wildman–Crippen LogP) is 6.79. The molecule has 0 spiro atoms. The average molecular weight is 349 g/mol. The number of nitrogens with zero attached hydrogens (tertiary/aromatic N) is 1. The number of benzene rings is 4. The van der Waals surface area contributed by atoms with E-state index in [4.69, 9.17) is 0 Å². The average Bonchev–Trinajstić information content (AvgIpc) is 2.70. The smallest absolute Gasteiger partial charge is 0.0361 e. The highest BCUT2D eigenvalue weighted by atomic mass is 15.1. The van der Waals surface area contributed by atoms with Gasteiger partial charge in [-0.15, -0.1) is 0 Å². The van der Waals surface area contributed by atoms with Crippen LogP contribution in [0.4, 0.5) is 5.69 Å². The first kappa shape index (κ1) is 17.1. The minimum atomic E-state index is 1.20. The van der Waals surface area contributed by atoms with Gasteiger partial charge in [-0.3, -0.25) is 0 Å². The van der Waals surface area contributed by atoms with Crippen molar-refractivity contribution >= 4 is 39.4 Å². The summed E-state index contributed by atoms with van der Waals surface area (Å²) in [6.45, 7) is 0. The number of hydrogen-bond acceptors (Lipinski definition) is 1. The van der Waals surface area contributed by atoms with Crippen molar-refractivity contribution in [2.24, 2.45) is 0 Å². The van der Waals surface area contributed by atoms with E-state index in [-0.39, 0.29) is 0 Å². The number of allylic oxidation sites excluding steroid dienone is 2. The van der Waals surface area contributed by atoms with Crippen LogP contribution in [0.1, 0.15) is 11.1 Å². The largest absolute Gasteiger partial charge is 0.378 e. The Bertz CT molecular complexity index is 1080. The second-order valence-corrected chi connectivity index (χ2v) is 6.94. The SMILES string of the molecule is CN(C)c1ccc(/C=C/C=C/c2c3ccccc3cc3ccccc23)cc1. The summed E-state index contributed by atoms with van der Waals surface area (Å²) in [4.78, 5) is 2.11. The molecule has 4 aromatic carbocycles. The molecule has 0 amide bonds. The molecule has 0 aliphatic rings. The third-order valence-electron chi connectivity index (χ3n) is 4.89. The molecule has 0 N–H and O–H groups in total. The molecule has 0 unspecified atom stereocenters. The van der Waals surface area contributed by atoms with E-state index in [0.717, 1.165) is 0 Å². The summed E-state index contributed by atoms with van der Waals surface area (Å²) in [6, 6.07) is 28.0. The Kier molecular flexibility index (Phi) is 4.76. The van der Waals surface area contributed by atoms with E-state index in [2.05, 4.69) is 122 Å². The van der Waals surface area contributed by atoms with E-state index in [0.29, 0.717) is 0 Å². The standard InChI is InChI=1S/C26H23N/c1-27(2)23-17-15-20(16-18-23)9-3-6-14-26-24-12-7-4-10-21(24)19-22-11-5-8-13-25(22)26/h3-19H,1-2H3/b9-3+,14-6+. The highest BCUT2D eigenvalue weighted by molar-refractivity contribution is 6.06.